The molecule has 0 spiro atoms. The number of carbonyl (C=O) groups is 4. The lowest BCUT2D eigenvalue weighted by Crippen LogP contribution is -2.52. The number of nitrogens with zero attached hydrogens (tertiary/aromatic N) is 2. The number of hydrogen-bond acceptors (Lipinski definition) is 6. The van der Waals surface area contributed by atoms with E-state index in [4.69, 9.17) is 4.74 Å². The van der Waals surface area contributed by atoms with E-state index in [1.807, 2.05) is 12.1 Å². The van der Waals surface area contributed by atoms with E-state index in [1.165, 1.54) is 31.2 Å². The fraction of sp³-hybridized carbons (Fsp3) is 0.250. The second kappa shape index (κ2) is 9.27. The van der Waals surface area contributed by atoms with E-state index in [0.717, 1.165) is 10.3 Å². The lowest BCUT2D eigenvalue weighted by Gasteiger charge is -2.28. The first kappa shape index (κ1) is 24.6. The molecular formula is C28H25N3O5. The van der Waals surface area contributed by atoms with Gasteiger partial charge in [0.1, 0.15) is 5.54 Å². The van der Waals surface area contributed by atoms with Crippen molar-refractivity contribution in [3.05, 3.63) is 77.4 Å². The van der Waals surface area contributed by atoms with Gasteiger partial charge in [0.05, 0.1) is 17.3 Å². The lowest BCUT2D eigenvalue weighted by molar-refractivity contribution is -0.130. The summed E-state index contributed by atoms with van der Waals surface area (Å²) < 4.78 is 5.27. The van der Waals surface area contributed by atoms with Crippen LogP contribution in [0.25, 0.3) is 10.8 Å². The average Bonchev–Trinajstić information content (AvgIpc) is 2.87. The second-order valence-electron chi connectivity index (χ2n) is 9.21. The van der Waals surface area contributed by atoms with Crippen LogP contribution < -0.4 is 10.2 Å². The fourth-order valence-corrected chi connectivity index (χ4v) is 3.95. The molecule has 36 heavy (non-hydrogen) atoms. The predicted octanol–water partition coefficient (Wildman–Crippen LogP) is 4.24. The first-order valence-corrected chi connectivity index (χ1v) is 11.5. The van der Waals surface area contributed by atoms with Gasteiger partial charge in [0.25, 0.3) is 17.7 Å². The van der Waals surface area contributed by atoms with Gasteiger partial charge in [-0.15, -0.1) is 0 Å². The van der Waals surface area contributed by atoms with Crippen LogP contribution >= 0.6 is 0 Å². The molecule has 3 amide bonds. The number of nitrogens with one attached hydrogen (secondary N) is 1. The molecule has 0 fully saturated rings. The Morgan fingerprint density at radius 2 is 1.50 bits per heavy atom. The number of anilines is 1. The topological polar surface area (TPSA) is 117 Å². The second-order valence-corrected chi connectivity index (χ2v) is 9.21. The van der Waals surface area contributed by atoms with Gasteiger partial charge in [0, 0.05) is 16.5 Å². The minimum absolute atomic E-state index is 0.143. The summed E-state index contributed by atoms with van der Waals surface area (Å²) >= 11 is 0. The summed E-state index contributed by atoms with van der Waals surface area (Å²) in [6.45, 7) is 6.63. The molecule has 8 nitrogen and oxygen atoms in total. The van der Waals surface area contributed by atoms with Crippen LogP contribution in [0.1, 0.15) is 58.8 Å². The van der Waals surface area contributed by atoms with Crippen molar-refractivity contribution in [2.24, 2.45) is 5.92 Å². The number of ether oxygens (including phenoxy) is 1. The summed E-state index contributed by atoms with van der Waals surface area (Å²) in [6, 6.07) is 18.5. The van der Waals surface area contributed by atoms with E-state index in [9.17, 15) is 24.4 Å². The smallest absolute Gasteiger partial charge is 0.338 e. The van der Waals surface area contributed by atoms with Crippen LogP contribution in [0.4, 0.5) is 5.69 Å². The van der Waals surface area contributed by atoms with Crippen molar-refractivity contribution in [2.45, 2.75) is 39.3 Å². The van der Waals surface area contributed by atoms with E-state index >= 15 is 0 Å². The van der Waals surface area contributed by atoms with Crippen molar-refractivity contribution in [3.8, 4) is 6.07 Å². The van der Waals surface area contributed by atoms with E-state index in [1.54, 1.807) is 45.0 Å². The van der Waals surface area contributed by atoms with Crippen LogP contribution in [0.15, 0.2) is 60.7 Å². The molecule has 0 saturated carbocycles. The zero-order valence-electron chi connectivity index (χ0n) is 20.4. The van der Waals surface area contributed by atoms with Gasteiger partial charge in [-0.25, -0.2) is 9.69 Å². The van der Waals surface area contributed by atoms with Crippen LogP contribution in [0.2, 0.25) is 0 Å². The SMILES string of the molecule is CC(OC(=O)c1ccc(N2C(=O)c3cccc4cccc(c34)C2=O)cc1)C(=O)NC(C)(C#N)C(C)C. The summed E-state index contributed by atoms with van der Waals surface area (Å²) in [7, 11) is 0. The monoisotopic (exact) mass is 483 g/mol. The molecule has 3 aromatic carbocycles. The standard InChI is InChI=1S/C28H25N3O5/c1-16(2)28(4,15-29)30-24(32)17(3)36-27(35)19-11-13-20(14-12-19)31-25(33)21-9-5-7-18-8-6-10-22(23(18)21)26(31)34/h5-14,16-17H,1-4H3,(H,30,32). The van der Waals surface area contributed by atoms with Crippen molar-refractivity contribution in [1.29, 1.82) is 5.26 Å². The Labute approximate surface area is 208 Å². The van der Waals surface area contributed by atoms with Gasteiger partial charge in [0.2, 0.25) is 0 Å². The highest BCUT2D eigenvalue weighted by Gasteiger charge is 2.35. The maximum absolute atomic E-state index is 13.2. The Balaban J connectivity index is 1.51. The molecule has 0 bridgehead atoms. The number of esters is 1. The lowest BCUT2D eigenvalue weighted by atomic mass is 9.90. The highest BCUT2D eigenvalue weighted by Crippen LogP contribution is 2.32. The summed E-state index contributed by atoms with van der Waals surface area (Å²) in [5, 5.41) is 13.4. The summed E-state index contributed by atoms with van der Waals surface area (Å²) in [5.41, 5.74) is 0.203. The molecule has 1 aliphatic rings. The number of rotatable bonds is 6. The molecule has 4 rings (SSSR count). The van der Waals surface area contributed by atoms with Gasteiger partial charge >= 0.3 is 5.97 Å². The van der Waals surface area contributed by atoms with Crippen molar-refractivity contribution >= 4 is 40.2 Å². The average molecular weight is 484 g/mol. The molecule has 1 heterocycles. The summed E-state index contributed by atoms with van der Waals surface area (Å²) in [5.74, 6) is -2.39. The number of hydrogen-bond donors (Lipinski definition) is 1. The minimum atomic E-state index is -1.13. The van der Waals surface area contributed by atoms with Crippen LogP contribution in [-0.2, 0) is 9.53 Å². The predicted molar refractivity (Wildman–Crippen MR) is 133 cm³/mol. The first-order valence-electron chi connectivity index (χ1n) is 11.5. The number of carbonyl (C=O) groups excluding carboxylic acids is 4. The van der Waals surface area contributed by atoms with E-state index in [0.29, 0.717) is 22.2 Å². The Morgan fingerprint density at radius 1 is 0.944 bits per heavy atom. The molecule has 0 radical (unpaired) electrons. The molecule has 2 unspecified atom stereocenters. The van der Waals surface area contributed by atoms with Gasteiger partial charge < -0.3 is 10.1 Å². The summed E-state index contributed by atoms with van der Waals surface area (Å²) in [4.78, 5) is 52.6. The molecule has 182 valence electrons. The van der Waals surface area contributed by atoms with E-state index in [2.05, 4.69) is 11.4 Å². The van der Waals surface area contributed by atoms with Gasteiger partial charge in [-0.2, -0.15) is 5.26 Å². The maximum Gasteiger partial charge on any atom is 0.338 e. The molecule has 0 aromatic heterocycles. The van der Waals surface area contributed by atoms with Crippen LogP contribution in [0.5, 0.6) is 0 Å². The maximum atomic E-state index is 13.2. The molecule has 8 heteroatoms. The zero-order valence-corrected chi connectivity index (χ0v) is 20.4. The first-order chi connectivity index (χ1) is 17.1. The molecule has 0 aliphatic carbocycles. The molecular weight excluding hydrogens is 458 g/mol. The number of benzene rings is 3. The van der Waals surface area contributed by atoms with Crippen LogP contribution in [0, 0.1) is 17.2 Å². The minimum Gasteiger partial charge on any atom is -0.449 e. The molecule has 2 atom stereocenters. The third-order valence-electron chi connectivity index (χ3n) is 6.56. The van der Waals surface area contributed by atoms with E-state index in [-0.39, 0.29) is 11.5 Å². The van der Waals surface area contributed by atoms with Gasteiger partial charge in [-0.1, -0.05) is 38.1 Å². The van der Waals surface area contributed by atoms with Crippen molar-refractivity contribution in [2.75, 3.05) is 4.90 Å². The van der Waals surface area contributed by atoms with Crippen molar-refractivity contribution < 1.29 is 23.9 Å². The van der Waals surface area contributed by atoms with Gasteiger partial charge in [-0.3, -0.25) is 14.4 Å². The number of amides is 3. The third kappa shape index (κ3) is 4.20. The Morgan fingerprint density at radius 3 is 2.00 bits per heavy atom. The van der Waals surface area contributed by atoms with Crippen LogP contribution in [-0.4, -0.2) is 35.3 Å². The van der Waals surface area contributed by atoms with Gasteiger partial charge in [-0.05, 0) is 61.5 Å². The highest BCUT2D eigenvalue weighted by atomic mass is 16.5. The molecule has 1 N–H and O–H groups in total. The highest BCUT2D eigenvalue weighted by molar-refractivity contribution is 6.35. The van der Waals surface area contributed by atoms with Crippen molar-refractivity contribution in [3.63, 3.8) is 0 Å². The van der Waals surface area contributed by atoms with Gasteiger partial charge in [0.15, 0.2) is 6.10 Å². The Hall–Kier alpha value is -4.51. The molecule has 3 aromatic rings. The fourth-order valence-electron chi connectivity index (χ4n) is 3.95. The quantitative estimate of drug-likeness (QED) is 0.414. The Bertz CT molecular complexity index is 1390. The Kier molecular flexibility index (Phi) is 6.34. The van der Waals surface area contributed by atoms with E-state index < -0.39 is 35.3 Å². The summed E-state index contributed by atoms with van der Waals surface area (Å²) in [6.07, 6.45) is -1.13. The zero-order chi connectivity index (χ0) is 26.2. The van der Waals surface area contributed by atoms with Crippen LogP contribution in [0.3, 0.4) is 0 Å². The number of imide groups is 1. The van der Waals surface area contributed by atoms with Crippen molar-refractivity contribution in [1.82, 2.24) is 5.32 Å². The normalized spacial score (nSPS) is 15.3. The largest absolute Gasteiger partial charge is 0.449 e. The third-order valence-corrected chi connectivity index (χ3v) is 6.56. The number of nitriles is 1. The molecule has 1 aliphatic heterocycles. The molecule has 0 saturated heterocycles.